The number of aliphatic carboxylic acids is 1. The topological polar surface area (TPSA) is 116 Å². The first-order valence-electron chi connectivity index (χ1n) is 11.0. The van der Waals surface area contributed by atoms with Crippen LogP contribution in [0.3, 0.4) is 0 Å². The van der Waals surface area contributed by atoms with Gasteiger partial charge in [-0.05, 0) is 18.2 Å². The fourth-order valence-corrected chi connectivity index (χ4v) is 4.82. The number of nitrogens with zero attached hydrogens (tertiary/aromatic N) is 2. The number of benzene rings is 2. The molecule has 0 bridgehead atoms. The highest BCUT2D eigenvalue weighted by Crippen LogP contribution is 2.21. The van der Waals surface area contributed by atoms with Gasteiger partial charge in [0.25, 0.3) is 5.91 Å². The Morgan fingerprint density at radius 1 is 1.08 bits per heavy atom. The summed E-state index contributed by atoms with van der Waals surface area (Å²) in [6, 6.07) is 12.9. The van der Waals surface area contributed by atoms with Crippen LogP contribution in [-0.4, -0.2) is 86.4 Å². The first-order valence-corrected chi connectivity index (χ1v) is 12.6. The maximum atomic E-state index is 14.2. The van der Waals surface area contributed by atoms with Gasteiger partial charge in [-0.25, -0.2) is 17.6 Å². The van der Waals surface area contributed by atoms with Gasteiger partial charge >= 0.3 is 12.1 Å². The Morgan fingerprint density at radius 2 is 1.65 bits per heavy atom. The average molecular weight is 550 g/mol. The number of sulfonamides is 1. The van der Waals surface area contributed by atoms with E-state index in [1.807, 2.05) is 0 Å². The zero-order valence-corrected chi connectivity index (χ0v) is 20.7. The van der Waals surface area contributed by atoms with Crippen LogP contribution in [-0.2, 0) is 21.4 Å². The van der Waals surface area contributed by atoms with E-state index in [2.05, 4.69) is 5.32 Å². The lowest BCUT2D eigenvalue weighted by Gasteiger charge is -2.29. The van der Waals surface area contributed by atoms with Crippen molar-refractivity contribution in [3.05, 3.63) is 65.5 Å². The minimum absolute atomic E-state index is 0.0581. The molecule has 2 aromatic carbocycles. The monoisotopic (exact) mass is 549 g/mol. The lowest BCUT2D eigenvalue weighted by molar-refractivity contribution is -0.192. The molecule has 0 radical (unpaired) electrons. The molecule has 204 valence electrons. The molecule has 37 heavy (non-hydrogen) atoms. The molecule has 1 saturated heterocycles. The number of alkyl halides is 3. The molecule has 1 amide bonds. The summed E-state index contributed by atoms with van der Waals surface area (Å²) in [4.78, 5) is 23.3. The van der Waals surface area contributed by atoms with Crippen molar-refractivity contribution in [2.24, 2.45) is 0 Å². The van der Waals surface area contributed by atoms with Crippen LogP contribution >= 0.6 is 0 Å². The molecule has 9 nitrogen and oxygen atoms in total. The smallest absolute Gasteiger partial charge is 0.490 e. The molecule has 1 aliphatic rings. The second-order valence-electron chi connectivity index (χ2n) is 7.79. The van der Waals surface area contributed by atoms with E-state index in [-0.39, 0.29) is 24.4 Å². The quantitative estimate of drug-likeness (QED) is 0.486. The number of methoxy groups -OCH3 is 1. The van der Waals surface area contributed by atoms with Crippen LogP contribution in [0.4, 0.5) is 17.6 Å². The molecule has 2 aromatic rings. The van der Waals surface area contributed by atoms with E-state index in [1.54, 1.807) is 30.3 Å². The van der Waals surface area contributed by atoms with Gasteiger partial charge < -0.3 is 20.1 Å². The molecule has 0 aliphatic carbocycles. The number of amides is 1. The lowest BCUT2D eigenvalue weighted by Crippen LogP contribution is -2.48. The highest BCUT2D eigenvalue weighted by molar-refractivity contribution is 7.89. The third kappa shape index (κ3) is 8.98. The van der Waals surface area contributed by atoms with Crippen molar-refractivity contribution in [3.63, 3.8) is 0 Å². The van der Waals surface area contributed by atoms with Gasteiger partial charge in [-0.3, -0.25) is 4.79 Å². The molecule has 0 saturated carbocycles. The molecule has 2 N–H and O–H groups in total. The molecule has 0 spiro atoms. The summed E-state index contributed by atoms with van der Waals surface area (Å²) < 4.78 is 78.3. The van der Waals surface area contributed by atoms with E-state index in [1.165, 1.54) is 34.5 Å². The number of rotatable bonds is 8. The van der Waals surface area contributed by atoms with E-state index < -0.39 is 33.9 Å². The molecule has 3 rings (SSSR count). The van der Waals surface area contributed by atoms with Crippen molar-refractivity contribution < 1.29 is 45.4 Å². The van der Waals surface area contributed by atoms with Gasteiger partial charge in [0.05, 0.1) is 18.4 Å². The molecule has 14 heteroatoms. The largest absolute Gasteiger partial charge is 0.496 e. The van der Waals surface area contributed by atoms with Crippen molar-refractivity contribution in [2.75, 3.05) is 45.6 Å². The van der Waals surface area contributed by atoms with E-state index in [4.69, 9.17) is 14.6 Å². The predicted molar refractivity (Wildman–Crippen MR) is 126 cm³/mol. The van der Waals surface area contributed by atoms with Crippen molar-refractivity contribution >= 4 is 21.9 Å². The highest BCUT2D eigenvalue weighted by Gasteiger charge is 2.38. The number of para-hydroxylation sites is 1. The van der Waals surface area contributed by atoms with Gasteiger partial charge in [0.1, 0.15) is 11.6 Å². The maximum Gasteiger partial charge on any atom is 0.490 e. The first kappa shape index (κ1) is 30.0. The summed E-state index contributed by atoms with van der Waals surface area (Å²) in [5.41, 5.74) is 0.622. The number of halogens is 4. The Hall–Kier alpha value is -3.23. The minimum atomic E-state index is -5.08. The summed E-state index contributed by atoms with van der Waals surface area (Å²) in [7, 11) is -2.01. The predicted octanol–water partition coefficient (Wildman–Crippen LogP) is 2.35. The van der Waals surface area contributed by atoms with E-state index in [9.17, 15) is 30.8 Å². The van der Waals surface area contributed by atoms with Crippen molar-refractivity contribution in [3.8, 4) is 5.75 Å². The number of nitrogens with one attached hydrogen (secondary N) is 1. The van der Waals surface area contributed by atoms with Crippen LogP contribution in [0.5, 0.6) is 5.75 Å². The summed E-state index contributed by atoms with van der Waals surface area (Å²) in [6.07, 6.45) is -5.08. The van der Waals surface area contributed by atoms with Gasteiger partial charge in [-0.15, -0.1) is 0 Å². The van der Waals surface area contributed by atoms with Crippen molar-refractivity contribution in [2.45, 2.75) is 12.7 Å². The number of hydrogen-bond acceptors (Lipinski definition) is 6. The Bertz CT molecular complexity index is 1170. The zero-order valence-electron chi connectivity index (χ0n) is 19.9. The first-order chi connectivity index (χ1) is 17.4. The maximum absolute atomic E-state index is 14.2. The van der Waals surface area contributed by atoms with Gasteiger partial charge in [0.2, 0.25) is 10.0 Å². The molecule has 1 fully saturated rings. The van der Waals surface area contributed by atoms with Gasteiger partial charge in [-0.1, -0.05) is 30.3 Å². The fourth-order valence-electron chi connectivity index (χ4n) is 3.37. The van der Waals surface area contributed by atoms with Crippen LogP contribution in [0.25, 0.3) is 0 Å². The number of carbonyl (C=O) groups is 2. The Labute approximate surface area is 211 Å². The van der Waals surface area contributed by atoms with Gasteiger partial charge in [0.15, 0.2) is 0 Å². The van der Waals surface area contributed by atoms with Crippen molar-refractivity contribution in [1.82, 2.24) is 14.5 Å². The molecular weight excluding hydrogens is 522 g/mol. The molecule has 0 aromatic heterocycles. The highest BCUT2D eigenvalue weighted by atomic mass is 32.2. The standard InChI is InChI=1S/C21H26FN3O4S.C2HF3O2/c1-29-20-9-5-2-6-17(20)16-24(21(26)18-7-3-4-8-19(18)22)14-15-30(27,28)25-12-10-23-11-13-25;3-2(4,5)1(6)7/h2-9,23H,10-16H2,1H3;(H,6,7). The number of carboxylic acids is 1. The molecular formula is C23H27F4N3O6S. The van der Waals surface area contributed by atoms with Crippen LogP contribution in [0.2, 0.25) is 0 Å². The minimum Gasteiger partial charge on any atom is -0.496 e. The third-order valence-electron chi connectivity index (χ3n) is 5.28. The average Bonchev–Trinajstić information content (AvgIpc) is 2.87. The van der Waals surface area contributed by atoms with Crippen LogP contribution in [0, 0.1) is 5.82 Å². The summed E-state index contributed by atoms with van der Waals surface area (Å²) in [5.74, 6) is -3.61. The van der Waals surface area contributed by atoms with E-state index in [0.29, 0.717) is 37.5 Å². The van der Waals surface area contributed by atoms with Crippen LogP contribution in [0.15, 0.2) is 48.5 Å². The van der Waals surface area contributed by atoms with Gasteiger partial charge in [-0.2, -0.15) is 17.5 Å². The number of carbonyl (C=O) groups excluding carboxylic acids is 1. The number of ether oxygens (including phenoxy) is 1. The summed E-state index contributed by atoms with van der Waals surface area (Å²) >= 11 is 0. The Morgan fingerprint density at radius 3 is 2.22 bits per heavy atom. The second-order valence-corrected chi connectivity index (χ2v) is 9.87. The normalized spacial score (nSPS) is 14.3. The van der Waals surface area contributed by atoms with Gasteiger partial charge in [0, 0.05) is 44.8 Å². The number of hydrogen-bond donors (Lipinski definition) is 2. The summed E-state index contributed by atoms with van der Waals surface area (Å²) in [6.45, 7) is 2.04. The number of piperazine rings is 1. The fraction of sp³-hybridized carbons (Fsp3) is 0.391. The Balaban J connectivity index is 0.000000604. The zero-order chi connectivity index (χ0) is 27.6. The number of carboxylic acid groups (broad SMARTS) is 1. The SMILES string of the molecule is COc1ccccc1CN(CCS(=O)(=O)N1CCNCC1)C(=O)c1ccccc1F.O=C(O)C(F)(F)F. The molecule has 1 heterocycles. The van der Waals surface area contributed by atoms with E-state index >= 15 is 0 Å². The summed E-state index contributed by atoms with van der Waals surface area (Å²) in [5, 5.41) is 10.2. The van der Waals surface area contributed by atoms with Crippen LogP contribution < -0.4 is 10.1 Å². The van der Waals surface area contributed by atoms with Crippen LogP contribution in [0.1, 0.15) is 15.9 Å². The molecule has 1 aliphatic heterocycles. The lowest BCUT2D eigenvalue weighted by atomic mass is 10.1. The van der Waals surface area contributed by atoms with E-state index in [0.717, 1.165) is 0 Å². The van der Waals surface area contributed by atoms with Crippen molar-refractivity contribution in [1.29, 1.82) is 0 Å². The third-order valence-corrected chi connectivity index (χ3v) is 7.13. The molecule has 0 atom stereocenters. The molecule has 0 unspecified atom stereocenters. The Kier molecular flexibility index (Phi) is 10.8. The second kappa shape index (κ2) is 13.4.